The minimum atomic E-state index is -0.0659. The molecule has 2 rings (SSSR count). The molecule has 1 aromatic carbocycles. The largest absolute Gasteiger partial charge is 0.288 e. The maximum atomic E-state index is 12.0. The van der Waals surface area contributed by atoms with E-state index >= 15 is 0 Å². The number of carbonyl (C=O) groups is 1. The number of hydrogen-bond acceptors (Lipinski definition) is 3. The second-order valence-electron chi connectivity index (χ2n) is 3.77. The van der Waals surface area contributed by atoms with E-state index in [1.165, 1.54) is 11.3 Å². The molecule has 3 nitrogen and oxygen atoms in total. The van der Waals surface area contributed by atoms with Crippen LogP contribution in [0.3, 0.4) is 0 Å². The van der Waals surface area contributed by atoms with Crippen LogP contribution in [-0.4, -0.2) is 13.0 Å². The third kappa shape index (κ3) is 2.65. The zero-order valence-electron chi connectivity index (χ0n) is 9.81. The molecule has 0 spiro atoms. The van der Waals surface area contributed by atoms with Crippen LogP contribution in [-0.2, 0) is 0 Å². The van der Waals surface area contributed by atoms with Gasteiger partial charge in [-0.05, 0) is 36.1 Å². The molecule has 0 aliphatic carbocycles. The first kappa shape index (κ1) is 11.7. The van der Waals surface area contributed by atoms with Crippen molar-refractivity contribution < 1.29 is 4.79 Å². The molecule has 0 aliphatic heterocycles. The average Bonchev–Trinajstić information content (AvgIpc) is 2.76. The van der Waals surface area contributed by atoms with Crippen LogP contribution in [0.25, 0.3) is 0 Å². The van der Waals surface area contributed by atoms with Crippen LogP contribution in [0.15, 0.2) is 41.8 Å². The van der Waals surface area contributed by atoms with E-state index in [1.807, 2.05) is 55.7 Å². The van der Waals surface area contributed by atoms with Gasteiger partial charge in [0.1, 0.15) is 0 Å². The standard InChI is InChI=1S/C13H14N2OS/c1-10-8-9-17-12(10)13(16)14-15(2)11-6-4-3-5-7-11/h3-9H,1-2H3,(H,14,16). The number of rotatable bonds is 3. The van der Waals surface area contributed by atoms with Crippen LogP contribution in [0.2, 0.25) is 0 Å². The maximum absolute atomic E-state index is 12.0. The molecule has 0 radical (unpaired) electrons. The topological polar surface area (TPSA) is 32.3 Å². The summed E-state index contributed by atoms with van der Waals surface area (Å²) in [6.45, 7) is 1.94. The van der Waals surface area contributed by atoms with Crippen molar-refractivity contribution in [2.24, 2.45) is 0 Å². The van der Waals surface area contributed by atoms with Gasteiger partial charge < -0.3 is 0 Å². The van der Waals surface area contributed by atoms with Gasteiger partial charge in [0, 0.05) is 7.05 Å². The highest BCUT2D eigenvalue weighted by Crippen LogP contribution is 2.16. The molecular formula is C13H14N2OS. The second kappa shape index (κ2) is 5.01. The fraction of sp³-hybridized carbons (Fsp3) is 0.154. The van der Waals surface area contributed by atoms with Gasteiger partial charge >= 0.3 is 0 Å². The van der Waals surface area contributed by atoms with E-state index in [9.17, 15) is 4.79 Å². The predicted molar refractivity (Wildman–Crippen MR) is 71.4 cm³/mol. The molecule has 1 N–H and O–H groups in total. The molecule has 1 amide bonds. The van der Waals surface area contributed by atoms with Gasteiger partial charge in [-0.3, -0.25) is 15.2 Å². The third-order valence-corrected chi connectivity index (χ3v) is 3.50. The van der Waals surface area contributed by atoms with Gasteiger partial charge in [0.15, 0.2) is 0 Å². The molecule has 2 aromatic rings. The van der Waals surface area contributed by atoms with Gasteiger partial charge in [0.05, 0.1) is 10.6 Å². The van der Waals surface area contributed by atoms with Crippen molar-refractivity contribution in [1.82, 2.24) is 5.43 Å². The highest BCUT2D eigenvalue weighted by molar-refractivity contribution is 7.12. The Bertz CT molecular complexity index is 507. The number of para-hydroxylation sites is 1. The monoisotopic (exact) mass is 246 g/mol. The van der Waals surface area contributed by atoms with E-state index in [2.05, 4.69) is 5.43 Å². The molecule has 1 aromatic heterocycles. The lowest BCUT2D eigenvalue weighted by Crippen LogP contribution is -2.39. The van der Waals surface area contributed by atoms with Crippen LogP contribution in [0.1, 0.15) is 15.2 Å². The van der Waals surface area contributed by atoms with E-state index in [4.69, 9.17) is 0 Å². The van der Waals surface area contributed by atoms with Crippen LogP contribution < -0.4 is 10.4 Å². The molecule has 0 bridgehead atoms. The number of hydrazine groups is 1. The summed E-state index contributed by atoms with van der Waals surface area (Å²) in [6, 6.07) is 11.7. The summed E-state index contributed by atoms with van der Waals surface area (Å²) in [5.74, 6) is -0.0659. The van der Waals surface area contributed by atoms with Gasteiger partial charge in [0.25, 0.3) is 5.91 Å². The van der Waals surface area contributed by atoms with Crippen molar-refractivity contribution in [3.05, 3.63) is 52.2 Å². The Kier molecular flexibility index (Phi) is 3.44. The molecule has 4 heteroatoms. The number of anilines is 1. The zero-order valence-corrected chi connectivity index (χ0v) is 10.6. The number of thiophene rings is 1. The Morgan fingerprint density at radius 2 is 1.94 bits per heavy atom. The van der Waals surface area contributed by atoms with E-state index in [-0.39, 0.29) is 5.91 Å². The molecule has 0 saturated heterocycles. The van der Waals surface area contributed by atoms with Gasteiger partial charge in [-0.25, -0.2) is 0 Å². The van der Waals surface area contributed by atoms with Crippen molar-refractivity contribution >= 4 is 22.9 Å². The Labute approximate surface area is 105 Å². The fourth-order valence-electron chi connectivity index (χ4n) is 1.52. The number of aryl methyl sites for hydroxylation is 1. The fourth-order valence-corrected chi connectivity index (χ4v) is 2.34. The molecule has 0 fully saturated rings. The van der Waals surface area contributed by atoms with Gasteiger partial charge in [-0.1, -0.05) is 18.2 Å². The number of nitrogens with one attached hydrogen (secondary N) is 1. The minimum absolute atomic E-state index is 0.0659. The summed E-state index contributed by atoms with van der Waals surface area (Å²) < 4.78 is 0. The summed E-state index contributed by atoms with van der Waals surface area (Å²) >= 11 is 1.46. The lowest BCUT2D eigenvalue weighted by Gasteiger charge is -2.19. The van der Waals surface area contributed by atoms with Gasteiger partial charge in [-0.15, -0.1) is 11.3 Å². The average molecular weight is 246 g/mol. The van der Waals surface area contributed by atoms with E-state index in [1.54, 1.807) is 5.01 Å². The van der Waals surface area contributed by atoms with E-state index in [0.29, 0.717) is 0 Å². The van der Waals surface area contributed by atoms with Gasteiger partial charge in [-0.2, -0.15) is 0 Å². The Morgan fingerprint density at radius 3 is 2.53 bits per heavy atom. The van der Waals surface area contributed by atoms with Crippen molar-refractivity contribution in [3.8, 4) is 0 Å². The second-order valence-corrected chi connectivity index (χ2v) is 4.68. The molecule has 0 unspecified atom stereocenters. The number of nitrogens with zero attached hydrogens (tertiary/aromatic N) is 1. The van der Waals surface area contributed by atoms with Crippen molar-refractivity contribution in [2.75, 3.05) is 12.1 Å². The highest BCUT2D eigenvalue weighted by Gasteiger charge is 2.12. The van der Waals surface area contributed by atoms with Crippen LogP contribution >= 0.6 is 11.3 Å². The molecule has 88 valence electrons. The first-order chi connectivity index (χ1) is 8.18. The number of benzene rings is 1. The lowest BCUT2D eigenvalue weighted by atomic mass is 10.3. The van der Waals surface area contributed by atoms with Crippen molar-refractivity contribution in [2.45, 2.75) is 6.92 Å². The first-order valence-electron chi connectivity index (χ1n) is 5.32. The van der Waals surface area contributed by atoms with Crippen LogP contribution in [0.5, 0.6) is 0 Å². The van der Waals surface area contributed by atoms with Crippen molar-refractivity contribution in [1.29, 1.82) is 0 Å². The Morgan fingerprint density at radius 1 is 1.24 bits per heavy atom. The number of carbonyl (C=O) groups excluding carboxylic acids is 1. The molecule has 0 saturated carbocycles. The molecule has 0 atom stereocenters. The van der Waals surface area contributed by atoms with Crippen LogP contribution in [0, 0.1) is 6.92 Å². The first-order valence-corrected chi connectivity index (χ1v) is 6.20. The third-order valence-electron chi connectivity index (χ3n) is 2.48. The maximum Gasteiger partial charge on any atom is 0.280 e. The Hall–Kier alpha value is -1.81. The Balaban J connectivity index is 2.08. The number of hydrogen-bond donors (Lipinski definition) is 1. The van der Waals surface area contributed by atoms with E-state index in [0.717, 1.165) is 16.1 Å². The highest BCUT2D eigenvalue weighted by atomic mass is 32.1. The zero-order chi connectivity index (χ0) is 12.3. The molecule has 1 heterocycles. The van der Waals surface area contributed by atoms with Crippen molar-refractivity contribution in [3.63, 3.8) is 0 Å². The summed E-state index contributed by atoms with van der Waals surface area (Å²) in [5.41, 5.74) is 4.81. The predicted octanol–water partition coefficient (Wildman–Crippen LogP) is 2.84. The van der Waals surface area contributed by atoms with Crippen LogP contribution in [0.4, 0.5) is 5.69 Å². The summed E-state index contributed by atoms with van der Waals surface area (Å²) in [5, 5.41) is 3.65. The summed E-state index contributed by atoms with van der Waals surface area (Å²) in [6.07, 6.45) is 0. The smallest absolute Gasteiger partial charge is 0.280 e. The molecule has 17 heavy (non-hydrogen) atoms. The SMILES string of the molecule is Cc1ccsc1C(=O)NN(C)c1ccccc1. The quantitative estimate of drug-likeness (QED) is 0.845. The van der Waals surface area contributed by atoms with Gasteiger partial charge in [0.2, 0.25) is 0 Å². The molecule has 0 aliphatic rings. The summed E-state index contributed by atoms with van der Waals surface area (Å²) in [4.78, 5) is 12.7. The normalized spacial score (nSPS) is 10.0. The summed E-state index contributed by atoms with van der Waals surface area (Å²) in [7, 11) is 1.83. The molecular weight excluding hydrogens is 232 g/mol. The van der Waals surface area contributed by atoms with E-state index < -0.39 is 0 Å². The number of amides is 1. The lowest BCUT2D eigenvalue weighted by molar-refractivity contribution is 0.0955. The minimum Gasteiger partial charge on any atom is -0.288 e.